The maximum absolute atomic E-state index is 5.85. The van der Waals surface area contributed by atoms with E-state index in [1.165, 1.54) is 5.56 Å². The van der Waals surface area contributed by atoms with Crippen molar-refractivity contribution in [1.29, 1.82) is 0 Å². The molecule has 1 aromatic carbocycles. The molecule has 0 amide bonds. The quantitative estimate of drug-likeness (QED) is 0.841. The summed E-state index contributed by atoms with van der Waals surface area (Å²) in [6, 6.07) is 8.72. The summed E-state index contributed by atoms with van der Waals surface area (Å²) < 4.78 is 11.2. The molecule has 0 aliphatic carbocycles. The Morgan fingerprint density at radius 3 is 3.11 bits per heavy atom. The van der Waals surface area contributed by atoms with Gasteiger partial charge in [0.2, 0.25) is 0 Å². The second kappa shape index (κ2) is 6.76. The molecule has 1 N–H and O–H groups in total. The van der Waals surface area contributed by atoms with Crippen LogP contribution in [0.3, 0.4) is 0 Å². The van der Waals surface area contributed by atoms with E-state index in [0.29, 0.717) is 12.0 Å². The molecule has 1 aliphatic rings. The Balaban J connectivity index is 1.89. The topological polar surface area (TPSA) is 30.5 Å². The molecule has 1 saturated heterocycles. The molecule has 0 saturated carbocycles. The molecule has 1 aromatic rings. The smallest absolute Gasteiger partial charge is 0.119 e. The molecule has 0 radical (unpaired) electrons. The molecule has 3 heteroatoms. The number of rotatable bonds is 6. The molecule has 2 atom stereocenters. The van der Waals surface area contributed by atoms with Crippen molar-refractivity contribution in [3.05, 3.63) is 29.8 Å². The molecule has 0 bridgehead atoms. The lowest BCUT2D eigenvalue weighted by Crippen LogP contribution is -2.17. The van der Waals surface area contributed by atoms with Crippen molar-refractivity contribution in [2.24, 2.45) is 5.92 Å². The number of benzene rings is 1. The van der Waals surface area contributed by atoms with Crippen molar-refractivity contribution in [3.63, 3.8) is 0 Å². The number of hydrogen-bond acceptors (Lipinski definition) is 3. The van der Waals surface area contributed by atoms with Crippen LogP contribution in [0.5, 0.6) is 5.75 Å². The van der Waals surface area contributed by atoms with E-state index in [2.05, 4.69) is 37.4 Å². The van der Waals surface area contributed by atoms with Gasteiger partial charge in [-0.3, -0.25) is 0 Å². The molecular weight excluding hydrogens is 226 g/mol. The minimum absolute atomic E-state index is 0.369. The Kier molecular flexibility index (Phi) is 5.02. The Labute approximate surface area is 109 Å². The van der Waals surface area contributed by atoms with Crippen LogP contribution in [0.25, 0.3) is 0 Å². The standard InChI is InChI=1S/C15H23NO2/c1-3-16-12(2)14-5-4-6-15(9-14)18-11-13-7-8-17-10-13/h4-6,9,12-13,16H,3,7-8,10-11H2,1-2H3. The fourth-order valence-corrected chi connectivity index (χ4v) is 2.23. The lowest BCUT2D eigenvalue weighted by Gasteiger charge is -2.15. The molecule has 1 fully saturated rings. The van der Waals surface area contributed by atoms with Crippen LogP contribution in [-0.4, -0.2) is 26.4 Å². The second-order valence-electron chi connectivity index (χ2n) is 4.89. The van der Waals surface area contributed by atoms with Gasteiger partial charge in [0.1, 0.15) is 5.75 Å². The van der Waals surface area contributed by atoms with Crippen molar-refractivity contribution < 1.29 is 9.47 Å². The molecule has 0 spiro atoms. The van der Waals surface area contributed by atoms with Gasteiger partial charge in [0.15, 0.2) is 0 Å². The van der Waals surface area contributed by atoms with E-state index < -0.39 is 0 Å². The van der Waals surface area contributed by atoms with Gasteiger partial charge >= 0.3 is 0 Å². The number of nitrogens with one attached hydrogen (secondary N) is 1. The summed E-state index contributed by atoms with van der Waals surface area (Å²) in [4.78, 5) is 0. The van der Waals surface area contributed by atoms with E-state index >= 15 is 0 Å². The molecule has 0 aromatic heterocycles. The summed E-state index contributed by atoms with van der Waals surface area (Å²) >= 11 is 0. The van der Waals surface area contributed by atoms with E-state index in [0.717, 1.165) is 38.5 Å². The van der Waals surface area contributed by atoms with E-state index in [1.807, 2.05) is 6.07 Å². The van der Waals surface area contributed by atoms with Crippen LogP contribution in [0.2, 0.25) is 0 Å². The summed E-state index contributed by atoms with van der Waals surface area (Å²) in [5.74, 6) is 1.52. The highest BCUT2D eigenvalue weighted by molar-refractivity contribution is 5.30. The van der Waals surface area contributed by atoms with Gasteiger partial charge in [-0.2, -0.15) is 0 Å². The molecule has 1 heterocycles. The van der Waals surface area contributed by atoms with Gasteiger partial charge in [-0.15, -0.1) is 0 Å². The van der Waals surface area contributed by atoms with Crippen LogP contribution in [0.1, 0.15) is 31.9 Å². The van der Waals surface area contributed by atoms with E-state index in [-0.39, 0.29) is 0 Å². The van der Waals surface area contributed by atoms with E-state index in [1.54, 1.807) is 0 Å². The van der Waals surface area contributed by atoms with Crippen molar-refractivity contribution in [3.8, 4) is 5.75 Å². The normalized spacial score (nSPS) is 20.9. The molecule has 2 rings (SSSR count). The number of hydrogen-bond donors (Lipinski definition) is 1. The Bertz CT molecular complexity index is 361. The number of ether oxygens (including phenoxy) is 2. The Morgan fingerprint density at radius 1 is 1.50 bits per heavy atom. The lowest BCUT2D eigenvalue weighted by molar-refractivity contribution is 0.167. The molecule has 1 aliphatic heterocycles. The van der Waals surface area contributed by atoms with Crippen LogP contribution in [-0.2, 0) is 4.74 Å². The minimum atomic E-state index is 0.369. The van der Waals surface area contributed by atoms with Crippen molar-refractivity contribution in [2.45, 2.75) is 26.3 Å². The summed E-state index contributed by atoms with van der Waals surface area (Å²) in [6.07, 6.45) is 1.12. The fraction of sp³-hybridized carbons (Fsp3) is 0.600. The Morgan fingerprint density at radius 2 is 2.39 bits per heavy atom. The van der Waals surface area contributed by atoms with Crippen LogP contribution >= 0.6 is 0 Å². The molecule has 100 valence electrons. The van der Waals surface area contributed by atoms with Gasteiger partial charge in [-0.05, 0) is 37.6 Å². The first kappa shape index (κ1) is 13.4. The first-order valence-corrected chi connectivity index (χ1v) is 6.83. The highest BCUT2D eigenvalue weighted by atomic mass is 16.5. The maximum Gasteiger partial charge on any atom is 0.119 e. The van der Waals surface area contributed by atoms with Crippen LogP contribution in [0.15, 0.2) is 24.3 Å². The van der Waals surface area contributed by atoms with Crippen molar-refractivity contribution in [1.82, 2.24) is 5.32 Å². The maximum atomic E-state index is 5.85. The zero-order chi connectivity index (χ0) is 12.8. The highest BCUT2D eigenvalue weighted by Gasteiger charge is 2.16. The van der Waals surface area contributed by atoms with E-state index in [4.69, 9.17) is 9.47 Å². The summed E-state index contributed by atoms with van der Waals surface area (Å²) in [5, 5.41) is 3.41. The van der Waals surface area contributed by atoms with Crippen molar-refractivity contribution >= 4 is 0 Å². The second-order valence-corrected chi connectivity index (χ2v) is 4.89. The van der Waals surface area contributed by atoms with Gasteiger partial charge in [0, 0.05) is 18.6 Å². The van der Waals surface area contributed by atoms with Gasteiger partial charge in [0.25, 0.3) is 0 Å². The van der Waals surface area contributed by atoms with Gasteiger partial charge < -0.3 is 14.8 Å². The van der Waals surface area contributed by atoms with Crippen LogP contribution in [0.4, 0.5) is 0 Å². The Hall–Kier alpha value is -1.06. The molecule has 3 nitrogen and oxygen atoms in total. The summed E-state index contributed by atoms with van der Waals surface area (Å²) in [6.45, 7) is 7.76. The zero-order valence-corrected chi connectivity index (χ0v) is 11.3. The monoisotopic (exact) mass is 249 g/mol. The first-order chi connectivity index (χ1) is 8.79. The third kappa shape index (κ3) is 3.72. The third-order valence-corrected chi connectivity index (χ3v) is 3.38. The molecule has 18 heavy (non-hydrogen) atoms. The average molecular weight is 249 g/mol. The van der Waals surface area contributed by atoms with Crippen LogP contribution in [0, 0.1) is 5.92 Å². The highest BCUT2D eigenvalue weighted by Crippen LogP contribution is 2.21. The molecular formula is C15H23NO2. The fourth-order valence-electron chi connectivity index (χ4n) is 2.23. The van der Waals surface area contributed by atoms with Crippen LogP contribution < -0.4 is 10.1 Å². The molecule has 2 unspecified atom stereocenters. The SMILES string of the molecule is CCNC(C)c1cccc(OCC2CCOC2)c1. The van der Waals surface area contributed by atoms with E-state index in [9.17, 15) is 0 Å². The third-order valence-electron chi connectivity index (χ3n) is 3.38. The van der Waals surface area contributed by atoms with Crippen molar-refractivity contribution in [2.75, 3.05) is 26.4 Å². The summed E-state index contributed by atoms with van der Waals surface area (Å²) in [7, 11) is 0. The lowest BCUT2D eigenvalue weighted by atomic mass is 10.1. The van der Waals surface area contributed by atoms with Gasteiger partial charge in [-0.25, -0.2) is 0 Å². The average Bonchev–Trinajstić information content (AvgIpc) is 2.90. The van der Waals surface area contributed by atoms with Gasteiger partial charge in [0.05, 0.1) is 13.2 Å². The minimum Gasteiger partial charge on any atom is -0.493 e. The largest absolute Gasteiger partial charge is 0.493 e. The van der Waals surface area contributed by atoms with Gasteiger partial charge in [-0.1, -0.05) is 19.1 Å². The predicted octanol–water partition coefficient (Wildman–Crippen LogP) is 2.77. The first-order valence-electron chi connectivity index (χ1n) is 6.83. The summed E-state index contributed by atoms with van der Waals surface area (Å²) in [5.41, 5.74) is 1.28. The zero-order valence-electron chi connectivity index (χ0n) is 11.3. The predicted molar refractivity (Wildman–Crippen MR) is 73.0 cm³/mol.